The fourth-order valence-electron chi connectivity index (χ4n) is 3.22. The quantitative estimate of drug-likeness (QED) is 0.335. The molecule has 1 rings (SSSR count). The maximum absolute atomic E-state index is 5.46. The predicted molar refractivity (Wildman–Crippen MR) is 103 cm³/mol. The highest BCUT2D eigenvalue weighted by molar-refractivity contribution is 5.98. The molecule has 0 saturated heterocycles. The van der Waals surface area contributed by atoms with Crippen LogP contribution in [0.2, 0.25) is 0 Å². The van der Waals surface area contributed by atoms with Crippen molar-refractivity contribution >= 4 is 11.8 Å². The van der Waals surface area contributed by atoms with Crippen molar-refractivity contribution < 1.29 is 5.41 Å². The number of guanidine groups is 1. The molecular weight excluding hydrogens is 296 g/mol. The summed E-state index contributed by atoms with van der Waals surface area (Å²) >= 11 is 0. The summed E-state index contributed by atoms with van der Waals surface area (Å²) < 4.78 is 0. The molecule has 1 heterocycles. The molecule has 0 bridgehead atoms. The molecule has 4 heteroatoms. The third kappa shape index (κ3) is 12.4. The van der Waals surface area contributed by atoms with E-state index >= 15 is 0 Å². The largest absolute Gasteiger partial charge is 0.448 e. The van der Waals surface area contributed by atoms with Crippen molar-refractivity contribution in [3.8, 4) is 0 Å². The van der Waals surface area contributed by atoms with Crippen LogP contribution in [0.3, 0.4) is 0 Å². The van der Waals surface area contributed by atoms with Crippen molar-refractivity contribution in [2.75, 3.05) is 0 Å². The Balaban J connectivity index is 1.70. The number of unbranched alkanes of at least 4 members (excludes halogenated alkanes) is 15. The molecule has 4 nitrogen and oxygen atoms in total. The van der Waals surface area contributed by atoms with Crippen molar-refractivity contribution in [3.05, 3.63) is 0 Å². The lowest BCUT2D eigenvalue weighted by atomic mass is 10.0. The highest BCUT2D eigenvalue weighted by Gasteiger charge is 2.15. The summed E-state index contributed by atoms with van der Waals surface area (Å²) in [6, 6.07) is 0. The molecule has 2 N–H and O–H groups in total. The van der Waals surface area contributed by atoms with E-state index in [-0.39, 0.29) is 0 Å². The molecule has 0 radical (unpaired) electrons. The van der Waals surface area contributed by atoms with Gasteiger partial charge in [0.2, 0.25) is 5.84 Å². The van der Waals surface area contributed by atoms with Gasteiger partial charge in [-0.3, -0.25) is 5.41 Å². The normalized spacial score (nSPS) is 13.7. The first kappa shape index (κ1) is 21.0. The van der Waals surface area contributed by atoms with Gasteiger partial charge in [-0.25, -0.2) is 0 Å². The van der Waals surface area contributed by atoms with Crippen LogP contribution in [0.15, 0.2) is 15.2 Å². The van der Waals surface area contributed by atoms with Gasteiger partial charge in [0.05, 0.1) is 5.11 Å². The van der Waals surface area contributed by atoms with Gasteiger partial charge in [0.1, 0.15) is 0 Å². The average Bonchev–Trinajstić information content (AvgIpc) is 3.00. The first-order valence-corrected chi connectivity index (χ1v) is 10.4. The summed E-state index contributed by atoms with van der Waals surface area (Å²) in [4.78, 5) is 4.07. The maximum Gasteiger partial charge on any atom is 0.448 e. The van der Waals surface area contributed by atoms with Gasteiger partial charge in [-0.05, 0) is 16.5 Å². The van der Waals surface area contributed by atoms with E-state index in [0.29, 0.717) is 5.96 Å². The summed E-state index contributed by atoms with van der Waals surface area (Å²) in [7, 11) is 0. The molecule has 0 fully saturated rings. The van der Waals surface area contributed by atoms with Gasteiger partial charge in [-0.2, -0.15) is 0 Å². The zero-order valence-electron chi connectivity index (χ0n) is 15.9. The fourth-order valence-corrected chi connectivity index (χ4v) is 3.22. The van der Waals surface area contributed by atoms with E-state index in [1.54, 1.807) is 0 Å². The summed E-state index contributed by atoms with van der Waals surface area (Å²) in [5, 5.41) is 13.1. The van der Waals surface area contributed by atoms with Crippen molar-refractivity contribution in [3.63, 3.8) is 0 Å². The van der Waals surface area contributed by atoms with Crippen LogP contribution >= 0.6 is 0 Å². The number of rotatable bonds is 17. The Hall–Kier alpha value is -1.06. The Labute approximate surface area is 149 Å². The van der Waals surface area contributed by atoms with Gasteiger partial charge in [0, 0.05) is 6.42 Å². The zero-order chi connectivity index (χ0) is 17.3. The third-order valence-corrected chi connectivity index (χ3v) is 4.77. The van der Waals surface area contributed by atoms with E-state index in [0.717, 1.165) is 18.7 Å². The number of nitrogens with zero attached hydrogens (tertiary/aromatic N) is 3. The third-order valence-electron chi connectivity index (χ3n) is 4.77. The van der Waals surface area contributed by atoms with E-state index < -0.39 is 0 Å². The Morgan fingerprint density at radius 1 is 0.583 bits per heavy atom. The molecule has 24 heavy (non-hydrogen) atoms. The van der Waals surface area contributed by atoms with Crippen LogP contribution < -0.4 is 5.41 Å². The summed E-state index contributed by atoms with van der Waals surface area (Å²) in [5.41, 5.74) is 0. The Morgan fingerprint density at radius 3 is 1.38 bits per heavy atom. The van der Waals surface area contributed by atoms with Crippen LogP contribution in [-0.4, -0.2) is 11.8 Å². The van der Waals surface area contributed by atoms with Crippen LogP contribution in [0.25, 0.3) is 0 Å². The molecule has 0 saturated carbocycles. The minimum atomic E-state index is 0.307. The molecule has 0 spiro atoms. The van der Waals surface area contributed by atoms with Gasteiger partial charge in [-0.15, -0.1) is 0 Å². The number of hydrogen-bond donors (Lipinski definition) is 1. The number of azo groups is 1. The van der Waals surface area contributed by atoms with Gasteiger partial charge in [-0.1, -0.05) is 103 Å². The molecule has 0 aromatic heterocycles. The SMILES string of the molecule is CCCCCCCCCCCCCCCCCCC1=NC(=[NH2+])N=N1. The number of nitrogens with two attached hydrogens (primary N) is 1. The highest BCUT2D eigenvalue weighted by Crippen LogP contribution is 2.14. The molecule has 1 aliphatic rings. The highest BCUT2D eigenvalue weighted by atomic mass is 15.3. The molecule has 0 unspecified atom stereocenters. The van der Waals surface area contributed by atoms with Crippen molar-refractivity contribution in [2.45, 2.75) is 116 Å². The smallest absolute Gasteiger partial charge is 0.283 e. The van der Waals surface area contributed by atoms with Gasteiger partial charge in [0.25, 0.3) is 0 Å². The van der Waals surface area contributed by atoms with Crippen LogP contribution in [0.5, 0.6) is 0 Å². The fraction of sp³-hybridized carbons (Fsp3) is 0.900. The van der Waals surface area contributed by atoms with Gasteiger partial charge in [0.15, 0.2) is 0 Å². The molecule has 0 aromatic rings. The van der Waals surface area contributed by atoms with Crippen LogP contribution in [0.1, 0.15) is 116 Å². The lowest BCUT2D eigenvalue weighted by Gasteiger charge is -2.03. The average molecular weight is 336 g/mol. The lowest BCUT2D eigenvalue weighted by Crippen LogP contribution is -2.36. The van der Waals surface area contributed by atoms with Crippen LogP contribution in [0, 0.1) is 0 Å². The lowest BCUT2D eigenvalue weighted by molar-refractivity contribution is -0.116. The molecule has 0 atom stereocenters. The van der Waals surface area contributed by atoms with E-state index in [2.05, 4.69) is 22.1 Å². The number of aliphatic imine (C=N–C) groups is 1. The minimum absolute atomic E-state index is 0.307. The van der Waals surface area contributed by atoms with Crippen molar-refractivity contribution in [2.24, 2.45) is 15.2 Å². The standard InChI is InChI=1S/C20H38N4/c1-2-3-4-5-6-7-8-9-10-11-12-13-14-15-16-17-18-19-22-20(21)24-23-19/h21H,2-18H2,1H3/p+1. The molecular formula is C20H39N4+. The Kier molecular flexibility index (Phi) is 13.5. The Morgan fingerprint density at radius 2 is 1.00 bits per heavy atom. The van der Waals surface area contributed by atoms with Crippen LogP contribution in [-0.2, 0) is 0 Å². The first-order chi connectivity index (χ1) is 11.8. The van der Waals surface area contributed by atoms with Crippen molar-refractivity contribution in [1.29, 1.82) is 0 Å². The second-order valence-electron chi connectivity index (χ2n) is 7.14. The number of amidine groups is 1. The van der Waals surface area contributed by atoms with E-state index in [4.69, 9.17) is 5.41 Å². The predicted octanol–water partition coefficient (Wildman–Crippen LogP) is 5.62. The molecule has 0 amide bonds. The zero-order valence-corrected chi connectivity index (χ0v) is 15.9. The van der Waals surface area contributed by atoms with E-state index in [1.807, 2.05) is 0 Å². The topological polar surface area (TPSA) is 62.7 Å². The van der Waals surface area contributed by atoms with Crippen molar-refractivity contribution in [1.82, 2.24) is 0 Å². The second kappa shape index (κ2) is 15.5. The van der Waals surface area contributed by atoms with Gasteiger partial charge >= 0.3 is 5.96 Å². The summed E-state index contributed by atoms with van der Waals surface area (Å²) in [6.07, 6.45) is 23.2. The van der Waals surface area contributed by atoms with Gasteiger partial charge < -0.3 is 0 Å². The monoisotopic (exact) mass is 335 g/mol. The second-order valence-corrected chi connectivity index (χ2v) is 7.14. The minimum Gasteiger partial charge on any atom is -0.283 e. The summed E-state index contributed by atoms with van der Waals surface area (Å²) in [5.74, 6) is 1.11. The Bertz CT molecular complexity index is 374. The molecule has 138 valence electrons. The number of hydrogen-bond acceptors (Lipinski definition) is 1. The van der Waals surface area contributed by atoms with E-state index in [9.17, 15) is 0 Å². The first-order valence-electron chi connectivity index (χ1n) is 10.4. The van der Waals surface area contributed by atoms with E-state index in [1.165, 1.54) is 96.3 Å². The maximum atomic E-state index is 5.46. The molecule has 0 aliphatic carbocycles. The molecule has 0 aromatic carbocycles. The summed E-state index contributed by atoms with van der Waals surface area (Å²) in [6.45, 7) is 2.29. The van der Waals surface area contributed by atoms with Crippen LogP contribution in [0.4, 0.5) is 0 Å². The molecule has 1 aliphatic heterocycles.